The molecule has 0 heterocycles. The van der Waals surface area contributed by atoms with Crippen LogP contribution in [0.25, 0.3) is 6.08 Å². The van der Waals surface area contributed by atoms with E-state index in [0.717, 1.165) is 0 Å². The van der Waals surface area contributed by atoms with Gasteiger partial charge in [0.1, 0.15) is 0 Å². The van der Waals surface area contributed by atoms with Crippen molar-refractivity contribution in [3.63, 3.8) is 0 Å². The molecule has 134 valence electrons. The van der Waals surface area contributed by atoms with Crippen LogP contribution in [0, 0.1) is 0 Å². The summed E-state index contributed by atoms with van der Waals surface area (Å²) >= 11 is 0. The van der Waals surface area contributed by atoms with Gasteiger partial charge < -0.3 is 18.7 Å². The van der Waals surface area contributed by atoms with Gasteiger partial charge in [-0.15, -0.1) is 0 Å². The summed E-state index contributed by atoms with van der Waals surface area (Å²) in [6, 6.07) is 3.12. The Kier molecular flexibility index (Phi) is 7.78. The monoisotopic (exact) mass is 360 g/mol. The predicted molar refractivity (Wildman–Crippen MR) is 87.5 cm³/mol. The highest BCUT2D eigenvalue weighted by atomic mass is 31.2. The maximum atomic E-state index is 12.2. The van der Waals surface area contributed by atoms with E-state index in [1.165, 1.54) is 46.7 Å². The summed E-state index contributed by atoms with van der Waals surface area (Å²) in [4.78, 5) is 11.4. The molecule has 8 nitrogen and oxygen atoms in total. The number of esters is 1. The van der Waals surface area contributed by atoms with Crippen LogP contribution in [0.4, 0.5) is 0 Å². The number of ether oxygens (including phenoxy) is 3. The van der Waals surface area contributed by atoms with Crippen molar-refractivity contribution in [3.05, 3.63) is 23.8 Å². The zero-order chi connectivity index (χ0) is 18.2. The fraction of sp³-hybridized carbons (Fsp3) is 0.400. The summed E-state index contributed by atoms with van der Waals surface area (Å²) < 4.78 is 42.3. The third-order valence-electron chi connectivity index (χ3n) is 2.82. The molecule has 0 radical (unpaired) electrons. The number of rotatable bonds is 9. The molecule has 0 atom stereocenters. The number of benzene rings is 1. The van der Waals surface area contributed by atoms with Crippen molar-refractivity contribution in [2.75, 3.05) is 35.0 Å². The number of hydrogen-bond donors (Lipinski definition) is 0. The van der Waals surface area contributed by atoms with Gasteiger partial charge >= 0.3 is 13.8 Å². The van der Waals surface area contributed by atoms with Gasteiger partial charge in [0.15, 0.2) is 11.5 Å². The lowest BCUT2D eigenvalue weighted by Crippen LogP contribution is -2.01. The van der Waals surface area contributed by atoms with Crippen LogP contribution in [0.2, 0.25) is 0 Å². The molecule has 0 aliphatic carbocycles. The predicted octanol–water partition coefficient (Wildman–Crippen LogP) is 3.06. The van der Waals surface area contributed by atoms with E-state index in [9.17, 15) is 9.36 Å². The van der Waals surface area contributed by atoms with Gasteiger partial charge in [0.05, 0.1) is 20.8 Å². The van der Waals surface area contributed by atoms with Crippen molar-refractivity contribution < 1.29 is 37.1 Å². The quantitative estimate of drug-likeness (QED) is 0.377. The molecule has 0 bridgehead atoms. The van der Waals surface area contributed by atoms with Crippen LogP contribution < -0.4 is 14.0 Å². The molecule has 0 aromatic heterocycles. The SMILES string of the molecule is CCOC(=O)/C=C/c1cc(OC)c(OC)c(OP(=O)(OC)OC)c1. The second-order valence-corrected chi connectivity index (χ2v) is 6.05. The van der Waals surface area contributed by atoms with E-state index in [1.54, 1.807) is 13.0 Å². The Hall–Kier alpha value is -2.02. The van der Waals surface area contributed by atoms with Crippen LogP contribution in [-0.4, -0.2) is 41.0 Å². The second kappa shape index (κ2) is 9.32. The highest BCUT2D eigenvalue weighted by Crippen LogP contribution is 2.52. The number of carbonyl (C=O) groups excluding carboxylic acids is 1. The van der Waals surface area contributed by atoms with Crippen molar-refractivity contribution in [2.24, 2.45) is 0 Å². The van der Waals surface area contributed by atoms with Gasteiger partial charge in [0.2, 0.25) is 5.75 Å². The molecule has 1 aromatic rings. The second-order valence-electron chi connectivity index (χ2n) is 4.24. The van der Waals surface area contributed by atoms with Gasteiger partial charge in [0.25, 0.3) is 0 Å². The largest absolute Gasteiger partial charge is 0.529 e. The van der Waals surface area contributed by atoms with Crippen LogP contribution in [0.5, 0.6) is 17.2 Å². The standard InChI is InChI=1S/C15H21O8P/c1-6-22-14(16)8-7-11-9-12(18-2)15(19-3)13(10-11)23-24(17,20-4)21-5/h7-10H,6H2,1-5H3/b8-7+. The van der Waals surface area contributed by atoms with Crippen LogP contribution in [0.3, 0.4) is 0 Å². The van der Waals surface area contributed by atoms with Crippen molar-refractivity contribution in [1.82, 2.24) is 0 Å². The molecule has 0 spiro atoms. The lowest BCUT2D eigenvalue weighted by atomic mass is 10.1. The van der Waals surface area contributed by atoms with Gasteiger partial charge in [-0.3, -0.25) is 9.05 Å². The highest BCUT2D eigenvalue weighted by Gasteiger charge is 2.28. The lowest BCUT2D eigenvalue weighted by molar-refractivity contribution is -0.137. The van der Waals surface area contributed by atoms with E-state index >= 15 is 0 Å². The third-order valence-corrected chi connectivity index (χ3v) is 4.14. The van der Waals surface area contributed by atoms with Crippen molar-refractivity contribution in [1.29, 1.82) is 0 Å². The molecular weight excluding hydrogens is 339 g/mol. The van der Waals surface area contributed by atoms with E-state index < -0.39 is 13.8 Å². The summed E-state index contributed by atoms with van der Waals surface area (Å²) in [6.45, 7) is 1.98. The summed E-state index contributed by atoms with van der Waals surface area (Å²) in [7, 11) is 1.44. The molecule has 0 saturated heterocycles. The van der Waals surface area contributed by atoms with Gasteiger partial charge in [-0.2, -0.15) is 0 Å². The van der Waals surface area contributed by atoms with Crippen LogP contribution in [0.1, 0.15) is 12.5 Å². The van der Waals surface area contributed by atoms with Crippen molar-refractivity contribution >= 4 is 19.9 Å². The van der Waals surface area contributed by atoms with E-state index in [0.29, 0.717) is 11.3 Å². The minimum atomic E-state index is -3.79. The van der Waals surface area contributed by atoms with Gasteiger partial charge in [-0.05, 0) is 30.7 Å². The van der Waals surface area contributed by atoms with Gasteiger partial charge in [-0.25, -0.2) is 9.36 Å². The molecule has 1 rings (SSSR count). The number of phosphoric ester groups is 1. The molecule has 0 amide bonds. The van der Waals surface area contributed by atoms with Crippen LogP contribution >= 0.6 is 7.82 Å². The zero-order valence-corrected chi connectivity index (χ0v) is 15.1. The molecule has 0 aliphatic heterocycles. The molecule has 0 aliphatic rings. The molecule has 24 heavy (non-hydrogen) atoms. The first kappa shape index (κ1) is 20.0. The molecule has 0 saturated carbocycles. The Bertz CT molecular complexity index is 633. The molecule has 0 fully saturated rings. The average molecular weight is 360 g/mol. The Morgan fingerprint density at radius 2 is 1.71 bits per heavy atom. The first-order valence-corrected chi connectivity index (χ1v) is 8.41. The third kappa shape index (κ3) is 5.26. The number of hydrogen-bond acceptors (Lipinski definition) is 8. The van der Waals surface area contributed by atoms with Gasteiger partial charge in [-0.1, -0.05) is 0 Å². The first-order valence-electron chi connectivity index (χ1n) is 6.95. The smallest absolute Gasteiger partial charge is 0.493 e. The summed E-state index contributed by atoms with van der Waals surface area (Å²) in [6.07, 6.45) is 2.75. The van der Waals surface area contributed by atoms with Crippen LogP contribution in [0.15, 0.2) is 18.2 Å². The maximum absolute atomic E-state index is 12.2. The fourth-order valence-electron chi connectivity index (χ4n) is 1.74. The van der Waals surface area contributed by atoms with Crippen LogP contribution in [-0.2, 0) is 23.1 Å². The van der Waals surface area contributed by atoms with Gasteiger partial charge in [0, 0.05) is 20.3 Å². The Morgan fingerprint density at radius 3 is 2.21 bits per heavy atom. The molecule has 1 aromatic carbocycles. The highest BCUT2D eigenvalue weighted by molar-refractivity contribution is 7.48. The fourth-order valence-corrected chi connectivity index (χ4v) is 2.41. The Balaban J connectivity index is 3.27. The van der Waals surface area contributed by atoms with E-state index in [-0.39, 0.29) is 18.1 Å². The summed E-state index contributed by atoms with van der Waals surface area (Å²) in [5.74, 6) is 0.110. The van der Waals surface area contributed by atoms with Crippen molar-refractivity contribution in [2.45, 2.75) is 6.92 Å². The van der Waals surface area contributed by atoms with E-state index in [4.69, 9.17) is 27.8 Å². The topological polar surface area (TPSA) is 89.5 Å². The minimum absolute atomic E-state index is 0.0763. The maximum Gasteiger partial charge on any atom is 0.529 e. The normalized spacial score (nSPS) is 11.4. The molecular formula is C15H21O8P. The Labute approximate surface area is 140 Å². The van der Waals surface area contributed by atoms with E-state index in [2.05, 4.69) is 0 Å². The number of methoxy groups -OCH3 is 2. The number of carbonyl (C=O) groups is 1. The molecule has 0 N–H and O–H groups in total. The first-order chi connectivity index (χ1) is 11.4. The average Bonchev–Trinajstić information content (AvgIpc) is 2.59. The zero-order valence-electron chi connectivity index (χ0n) is 14.2. The number of phosphoric acid groups is 1. The molecule has 9 heteroatoms. The minimum Gasteiger partial charge on any atom is -0.493 e. The van der Waals surface area contributed by atoms with E-state index in [1.807, 2.05) is 0 Å². The summed E-state index contributed by atoms with van der Waals surface area (Å²) in [5, 5.41) is 0. The molecule has 0 unspecified atom stereocenters. The Morgan fingerprint density at radius 1 is 1.08 bits per heavy atom. The van der Waals surface area contributed by atoms with Crippen molar-refractivity contribution in [3.8, 4) is 17.2 Å². The lowest BCUT2D eigenvalue weighted by Gasteiger charge is -2.18. The summed E-state index contributed by atoms with van der Waals surface area (Å²) in [5.41, 5.74) is 0.537.